The van der Waals surface area contributed by atoms with Gasteiger partial charge in [0, 0.05) is 25.0 Å². The highest BCUT2D eigenvalue weighted by atomic mass is 15.1. The number of hydrogen-bond donors (Lipinski definition) is 1. The lowest BCUT2D eigenvalue weighted by atomic mass is 10.2. The van der Waals surface area contributed by atoms with Gasteiger partial charge in [-0.25, -0.2) is 4.98 Å². The van der Waals surface area contributed by atoms with Crippen molar-refractivity contribution >= 4 is 0 Å². The largest absolute Gasteiger partial charge is 0.334 e. The van der Waals surface area contributed by atoms with Crippen molar-refractivity contribution in [1.82, 2.24) is 14.9 Å². The third-order valence-corrected chi connectivity index (χ3v) is 3.16. The Balaban J connectivity index is 1.91. The number of aryl methyl sites for hydroxylation is 1. The fourth-order valence-corrected chi connectivity index (χ4v) is 2.02. The zero-order chi connectivity index (χ0) is 10.7. The Morgan fingerprint density at radius 2 is 2.40 bits per heavy atom. The monoisotopic (exact) mass is 207 g/mol. The summed E-state index contributed by atoms with van der Waals surface area (Å²) in [6, 6.07) is 0.651. The molecule has 1 heterocycles. The summed E-state index contributed by atoms with van der Waals surface area (Å²) in [5.41, 5.74) is 0. The van der Waals surface area contributed by atoms with Crippen molar-refractivity contribution in [1.29, 1.82) is 0 Å². The van der Waals surface area contributed by atoms with E-state index in [1.54, 1.807) is 0 Å². The molecule has 0 aliphatic heterocycles. The Labute approximate surface area is 91.9 Å². The van der Waals surface area contributed by atoms with Gasteiger partial charge in [0.25, 0.3) is 0 Å². The smallest absolute Gasteiger partial charge is 0.105 e. The normalized spacial score (nSPS) is 18.0. The Morgan fingerprint density at radius 1 is 1.60 bits per heavy atom. The summed E-state index contributed by atoms with van der Waals surface area (Å²) in [5, 5.41) is 3.65. The van der Waals surface area contributed by atoms with Crippen LogP contribution in [-0.4, -0.2) is 22.1 Å². The molecule has 0 radical (unpaired) electrons. The van der Waals surface area contributed by atoms with Gasteiger partial charge in [-0.1, -0.05) is 6.92 Å². The zero-order valence-electron chi connectivity index (χ0n) is 9.74. The van der Waals surface area contributed by atoms with E-state index >= 15 is 0 Å². The third kappa shape index (κ3) is 2.81. The summed E-state index contributed by atoms with van der Waals surface area (Å²) in [7, 11) is 0. The Morgan fingerprint density at radius 3 is 2.93 bits per heavy atom. The second-order valence-corrected chi connectivity index (χ2v) is 4.52. The molecule has 1 aromatic rings. The summed E-state index contributed by atoms with van der Waals surface area (Å²) in [6.45, 7) is 6.51. The second kappa shape index (κ2) is 4.79. The van der Waals surface area contributed by atoms with Crippen molar-refractivity contribution in [3.63, 3.8) is 0 Å². The third-order valence-electron chi connectivity index (χ3n) is 3.16. The molecule has 3 heteroatoms. The van der Waals surface area contributed by atoms with E-state index in [4.69, 9.17) is 0 Å². The first-order valence-corrected chi connectivity index (χ1v) is 6.02. The van der Waals surface area contributed by atoms with Gasteiger partial charge in [-0.15, -0.1) is 0 Å². The van der Waals surface area contributed by atoms with Crippen molar-refractivity contribution in [3.05, 3.63) is 18.2 Å². The van der Waals surface area contributed by atoms with Gasteiger partial charge in [0.15, 0.2) is 0 Å². The topological polar surface area (TPSA) is 29.9 Å². The molecule has 1 atom stereocenters. The fraction of sp³-hybridized carbons (Fsp3) is 0.750. The van der Waals surface area contributed by atoms with E-state index in [9.17, 15) is 0 Å². The fourth-order valence-electron chi connectivity index (χ4n) is 2.02. The molecule has 1 N–H and O–H groups in total. The first-order chi connectivity index (χ1) is 7.31. The molecule has 1 saturated carbocycles. The predicted octanol–water partition coefficient (Wildman–Crippen LogP) is 1.97. The summed E-state index contributed by atoms with van der Waals surface area (Å²) in [6.07, 6.45) is 7.98. The molecule has 0 bridgehead atoms. The van der Waals surface area contributed by atoms with Crippen molar-refractivity contribution < 1.29 is 0 Å². The molecule has 1 unspecified atom stereocenters. The van der Waals surface area contributed by atoms with Crippen LogP contribution in [0.5, 0.6) is 0 Å². The van der Waals surface area contributed by atoms with Gasteiger partial charge in [0.2, 0.25) is 0 Å². The Kier molecular flexibility index (Phi) is 3.41. The molecule has 2 rings (SSSR count). The van der Waals surface area contributed by atoms with E-state index < -0.39 is 0 Å². The zero-order valence-corrected chi connectivity index (χ0v) is 9.74. The van der Waals surface area contributed by atoms with Crippen LogP contribution in [0.3, 0.4) is 0 Å². The maximum absolute atomic E-state index is 4.26. The van der Waals surface area contributed by atoms with Crippen LogP contribution >= 0.6 is 0 Å². The lowest BCUT2D eigenvalue weighted by molar-refractivity contribution is 0.404. The van der Waals surface area contributed by atoms with Crippen LogP contribution in [0.25, 0.3) is 0 Å². The first-order valence-electron chi connectivity index (χ1n) is 6.02. The molecule has 84 valence electrons. The minimum atomic E-state index is 0.651. The van der Waals surface area contributed by atoms with E-state index in [1.807, 2.05) is 6.20 Å². The van der Waals surface area contributed by atoms with Crippen molar-refractivity contribution in [3.8, 4) is 0 Å². The number of hydrogen-bond acceptors (Lipinski definition) is 2. The van der Waals surface area contributed by atoms with Crippen LogP contribution < -0.4 is 5.32 Å². The molecular formula is C12H21N3. The summed E-state index contributed by atoms with van der Waals surface area (Å²) in [4.78, 5) is 4.26. The Hall–Kier alpha value is -0.830. The van der Waals surface area contributed by atoms with Crippen LogP contribution in [0.1, 0.15) is 32.0 Å². The summed E-state index contributed by atoms with van der Waals surface area (Å²) < 4.78 is 2.26. The van der Waals surface area contributed by atoms with E-state index in [0.717, 1.165) is 24.8 Å². The molecule has 0 aromatic carbocycles. The van der Waals surface area contributed by atoms with Gasteiger partial charge in [-0.05, 0) is 38.6 Å². The lowest BCUT2D eigenvalue weighted by Crippen LogP contribution is -2.35. The minimum absolute atomic E-state index is 0.651. The number of nitrogens with zero attached hydrogens (tertiary/aromatic N) is 2. The molecule has 3 nitrogen and oxygen atoms in total. The van der Waals surface area contributed by atoms with Crippen molar-refractivity contribution in [2.24, 2.45) is 5.92 Å². The van der Waals surface area contributed by atoms with E-state index in [-0.39, 0.29) is 0 Å². The predicted molar refractivity (Wildman–Crippen MR) is 61.8 cm³/mol. The van der Waals surface area contributed by atoms with E-state index in [1.165, 1.54) is 19.3 Å². The highest BCUT2D eigenvalue weighted by molar-refractivity contribution is 4.93. The van der Waals surface area contributed by atoms with Crippen molar-refractivity contribution in [2.75, 3.05) is 6.54 Å². The molecule has 1 fully saturated rings. The van der Waals surface area contributed by atoms with Gasteiger partial charge in [0.05, 0.1) is 0 Å². The number of rotatable bonds is 6. The first kappa shape index (κ1) is 10.7. The summed E-state index contributed by atoms with van der Waals surface area (Å²) in [5.74, 6) is 2.03. The second-order valence-electron chi connectivity index (χ2n) is 4.52. The highest BCUT2D eigenvalue weighted by Crippen LogP contribution is 2.33. The van der Waals surface area contributed by atoms with Gasteiger partial charge in [0.1, 0.15) is 5.82 Å². The SMILES string of the molecule is CCCNC(Cn1ccnc1C)C1CC1. The van der Waals surface area contributed by atoms with Crippen LogP contribution in [0.15, 0.2) is 12.4 Å². The van der Waals surface area contributed by atoms with Gasteiger partial charge in [-0.2, -0.15) is 0 Å². The molecule has 1 aromatic heterocycles. The van der Waals surface area contributed by atoms with Crippen LogP contribution in [0, 0.1) is 12.8 Å². The maximum atomic E-state index is 4.26. The maximum Gasteiger partial charge on any atom is 0.105 e. The average Bonchev–Trinajstić information content (AvgIpc) is 2.99. The number of imidazole rings is 1. The lowest BCUT2D eigenvalue weighted by Gasteiger charge is -2.19. The number of nitrogens with one attached hydrogen (secondary N) is 1. The van der Waals surface area contributed by atoms with Gasteiger partial charge < -0.3 is 9.88 Å². The van der Waals surface area contributed by atoms with Crippen molar-refractivity contribution in [2.45, 2.75) is 45.7 Å². The molecular weight excluding hydrogens is 186 g/mol. The van der Waals surface area contributed by atoms with Crippen LogP contribution in [0.4, 0.5) is 0 Å². The number of aromatic nitrogens is 2. The molecule has 15 heavy (non-hydrogen) atoms. The van der Waals surface area contributed by atoms with E-state index in [0.29, 0.717) is 6.04 Å². The van der Waals surface area contributed by atoms with Gasteiger partial charge in [-0.3, -0.25) is 0 Å². The standard InChI is InChI=1S/C12H21N3/c1-3-6-14-12(11-4-5-11)9-15-8-7-13-10(15)2/h7-8,11-12,14H,3-6,9H2,1-2H3. The average molecular weight is 207 g/mol. The van der Waals surface area contributed by atoms with E-state index in [2.05, 4.69) is 34.9 Å². The highest BCUT2D eigenvalue weighted by Gasteiger charge is 2.30. The quantitative estimate of drug-likeness (QED) is 0.773. The van der Waals surface area contributed by atoms with Crippen LogP contribution in [0.2, 0.25) is 0 Å². The molecule has 0 saturated heterocycles. The summed E-state index contributed by atoms with van der Waals surface area (Å²) >= 11 is 0. The molecule has 1 aliphatic rings. The Bertz CT molecular complexity index is 302. The minimum Gasteiger partial charge on any atom is -0.334 e. The van der Waals surface area contributed by atoms with Crippen LogP contribution in [-0.2, 0) is 6.54 Å². The molecule has 0 spiro atoms. The van der Waals surface area contributed by atoms with Gasteiger partial charge >= 0.3 is 0 Å². The molecule has 0 amide bonds. The molecule has 1 aliphatic carbocycles.